The number of aryl methyl sites for hydroxylation is 1. The number of benzene rings is 1. The molecular weight excluding hydrogens is 284 g/mol. The van der Waals surface area contributed by atoms with Gasteiger partial charge in [-0.2, -0.15) is 0 Å². The molecule has 2 atom stereocenters. The van der Waals surface area contributed by atoms with Gasteiger partial charge in [0.25, 0.3) is 0 Å². The molecular formula is C16H22N2O2S. The highest BCUT2D eigenvalue weighted by Crippen LogP contribution is 2.19. The quantitative estimate of drug-likeness (QED) is 0.787. The van der Waals surface area contributed by atoms with E-state index >= 15 is 0 Å². The summed E-state index contributed by atoms with van der Waals surface area (Å²) in [4.78, 5) is 4.31. The number of hydrogen-bond acceptors (Lipinski definition) is 5. The highest BCUT2D eigenvalue weighted by atomic mass is 32.1. The Bertz CT molecular complexity index is 531. The van der Waals surface area contributed by atoms with Crippen LogP contribution in [0.2, 0.25) is 0 Å². The largest absolute Gasteiger partial charge is 0.491 e. The molecule has 0 saturated carbocycles. The number of para-hydroxylation sites is 1. The smallest absolute Gasteiger partial charge is 0.122 e. The van der Waals surface area contributed by atoms with Crippen LogP contribution in [0.5, 0.6) is 5.75 Å². The number of aliphatic hydroxyl groups excluding tert-OH is 1. The predicted octanol–water partition coefficient (Wildman–Crippen LogP) is 2.93. The Morgan fingerprint density at radius 3 is 2.86 bits per heavy atom. The van der Waals surface area contributed by atoms with Crippen LogP contribution in [-0.2, 0) is 0 Å². The summed E-state index contributed by atoms with van der Waals surface area (Å²) in [5.74, 6) is 0.823. The lowest BCUT2D eigenvalue weighted by Gasteiger charge is -2.18. The molecule has 2 rings (SSSR count). The van der Waals surface area contributed by atoms with E-state index in [-0.39, 0.29) is 12.6 Å². The van der Waals surface area contributed by atoms with E-state index in [1.54, 1.807) is 11.3 Å². The molecule has 0 amide bonds. The molecule has 0 aliphatic heterocycles. The van der Waals surface area contributed by atoms with E-state index in [9.17, 15) is 5.11 Å². The molecule has 2 unspecified atom stereocenters. The molecule has 0 spiro atoms. The monoisotopic (exact) mass is 306 g/mol. The Labute approximate surface area is 129 Å². The Kier molecular flexibility index (Phi) is 6.17. The van der Waals surface area contributed by atoms with E-state index in [1.165, 1.54) is 0 Å². The van der Waals surface area contributed by atoms with Crippen molar-refractivity contribution in [1.29, 1.82) is 0 Å². The summed E-state index contributed by atoms with van der Waals surface area (Å²) in [6.07, 6.45) is 2.21. The number of aliphatic hydroxyl groups is 1. The SMILES string of the molecule is CCC(NCC(O)COc1ccccc1C)c1nccs1. The van der Waals surface area contributed by atoms with E-state index in [2.05, 4.69) is 17.2 Å². The van der Waals surface area contributed by atoms with Gasteiger partial charge in [-0.05, 0) is 25.0 Å². The summed E-state index contributed by atoms with van der Waals surface area (Å²) >= 11 is 1.63. The van der Waals surface area contributed by atoms with Crippen molar-refractivity contribution in [2.45, 2.75) is 32.4 Å². The Balaban J connectivity index is 1.77. The van der Waals surface area contributed by atoms with Gasteiger partial charge >= 0.3 is 0 Å². The highest BCUT2D eigenvalue weighted by molar-refractivity contribution is 7.09. The minimum atomic E-state index is -0.543. The standard InChI is InChI=1S/C16H22N2O2S/c1-3-14(16-17-8-9-21-16)18-10-13(19)11-20-15-7-5-4-6-12(15)2/h4-9,13-14,18-19H,3,10-11H2,1-2H3. The number of rotatable bonds is 8. The van der Waals surface area contributed by atoms with E-state index in [4.69, 9.17) is 4.74 Å². The summed E-state index contributed by atoms with van der Waals surface area (Å²) in [7, 11) is 0. The van der Waals surface area contributed by atoms with Gasteiger partial charge in [-0.1, -0.05) is 25.1 Å². The van der Waals surface area contributed by atoms with Gasteiger partial charge in [-0.3, -0.25) is 0 Å². The molecule has 1 aromatic carbocycles. The van der Waals surface area contributed by atoms with E-state index < -0.39 is 6.10 Å². The van der Waals surface area contributed by atoms with Gasteiger partial charge in [-0.25, -0.2) is 4.98 Å². The van der Waals surface area contributed by atoms with Crippen LogP contribution in [0.25, 0.3) is 0 Å². The number of ether oxygens (including phenoxy) is 1. The zero-order chi connectivity index (χ0) is 15.1. The second-order valence-corrected chi connectivity index (χ2v) is 5.90. The molecule has 1 aromatic heterocycles. The van der Waals surface area contributed by atoms with Crippen molar-refractivity contribution in [3.05, 3.63) is 46.4 Å². The molecule has 114 valence electrons. The lowest BCUT2D eigenvalue weighted by Crippen LogP contribution is -2.33. The Hall–Kier alpha value is -1.43. The van der Waals surface area contributed by atoms with E-state index in [0.717, 1.165) is 22.7 Å². The van der Waals surface area contributed by atoms with Crippen LogP contribution in [0, 0.1) is 6.92 Å². The third-order valence-corrected chi connectivity index (χ3v) is 4.17. The van der Waals surface area contributed by atoms with Crippen LogP contribution in [0.15, 0.2) is 35.8 Å². The average Bonchev–Trinajstić information content (AvgIpc) is 3.01. The Morgan fingerprint density at radius 1 is 1.38 bits per heavy atom. The first kappa shape index (κ1) is 15.9. The molecule has 1 heterocycles. The van der Waals surface area contributed by atoms with Crippen LogP contribution in [0.1, 0.15) is 30.0 Å². The topological polar surface area (TPSA) is 54.4 Å². The molecule has 0 bridgehead atoms. The average molecular weight is 306 g/mol. The highest BCUT2D eigenvalue weighted by Gasteiger charge is 2.14. The molecule has 0 saturated heterocycles. The maximum Gasteiger partial charge on any atom is 0.122 e. The van der Waals surface area contributed by atoms with Gasteiger partial charge in [0.15, 0.2) is 0 Å². The van der Waals surface area contributed by atoms with Crippen molar-refractivity contribution < 1.29 is 9.84 Å². The van der Waals surface area contributed by atoms with E-state index in [1.807, 2.05) is 42.8 Å². The van der Waals surface area contributed by atoms with Crippen LogP contribution >= 0.6 is 11.3 Å². The van der Waals surface area contributed by atoms with Gasteiger partial charge < -0.3 is 15.2 Å². The normalized spacial score (nSPS) is 13.9. The van der Waals surface area contributed by atoms with Gasteiger partial charge in [-0.15, -0.1) is 11.3 Å². The van der Waals surface area contributed by atoms with Crippen LogP contribution < -0.4 is 10.1 Å². The number of nitrogens with zero attached hydrogens (tertiary/aromatic N) is 1. The second kappa shape index (κ2) is 8.12. The van der Waals surface area contributed by atoms with Gasteiger partial charge in [0.05, 0.1) is 6.04 Å². The van der Waals surface area contributed by atoms with Crippen molar-refractivity contribution >= 4 is 11.3 Å². The van der Waals surface area contributed by atoms with Crippen molar-refractivity contribution in [2.75, 3.05) is 13.2 Å². The summed E-state index contributed by atoms with van der Waals surface area (Å²) in [6.45, 7) is 4.88. The molecule has 0 fully saturated rings. The summed E-state index contributed by atoms with van der Waals surface area (Å²) in [5.41, 5.74) is 1.08. The number of thiazole rings is 1. The lowest BCUT2D eigenvalue weighted by molar-refractivity contribution is 0.103. The molecule has 5 heteroatoms. The van der Waals surface area contributed by atoms with Crippen molar-refractivity contribution in [1.82, 2.24) is 10.3 Å². The minimum absolute atomic E-state index is 0.193. The fraction of sp³-hybridized carbons (Fsp3) is 0.438. The molecule has 0 aliphatic rings. The Morgan fingerprint density at radius 2 is 2.19 bits per heavy atom. The predicted molar refractivity (Wildman–Crippen MR) is 85.8 cm³/mol. The lowest BCUT2D eigenvalue weighted by atomic mass is 10.2. The van der Waals surface area contributed by atoms with Gasteiger partial charge in [0, 0.05) is 18.1 Å². The fourth-order valence-electron chi connectivity index (χ4n) is 2.05. The summed E-state index contributed by atoms with van der Waals surface area (Å²) < 4.78 is 5.65. The first-order chi connectivity index (χ1) is 10.2. The molecule has 2 aromatic rings. The van der Waals surface area contributed by atoms with Crippen LogP contribution in [-0.4, -0.2) is 29.3 Å². The molecule has 21 heavy (non-hydrogen) atoms. The molecule has 0 aliphatic carbocycles. The van der Waals surface area contributed by atoms with E-state index in [0.29, 0.717) is 6.54 Å². The first-order valence-electron chi connectivity index (χ1n) is 7.20. The van der Waals surface area contributed by atoms with Crippen molar-refractivity contribution in [3.8, 4) is 5.75 Å². The number of nitrogens with one attached hydrogen (secondary N) is 1. The molecule has 4 nitrogen and oxygen atoms in total. The molecule has 2 N–H and O–H groups in total. The minimum Gasteiger partial charge on any atom is -0.491 e. The van der Waals surface area contributed by atoms with Crippen molar-refractivity contribution in [2.24, 2.45) is 0 Å². The van der Waals surface area contributed by atoms with Gasteiger partial charge in [0.1, 0.15) is 23.5 Å². The third kappa shape index (κ3) is 4.81. The molecule has 0 radical (unpaired) electrons. The zero-order valence-electron chi connectivity index (χ0n) is 12.5. The van der Waals surface area contributed by atoms with Gasteiger partial charge in [0.2, 0.25) is 0 Å². The second-order valence-electron chi connectivity index (χ2n) is 4.97. The third-order valence-electron chi connectivity index (χ3n) is 3.28. The maximum atomic E-state index is 10.0. The zero-order valence-corrected chi connectivity index (χ0v) is 13.3. The number of hydrogen-bond donors (Lipinski definition) is 2. The fourth-order valence-corrected chi connectivity index (χ4v) is 2.85. The first-order valence-corrected chi connectivity index (χ1v) is 8.08. The summed E-state index contributed by atoms with van der Waals surface area (Å²) in [5, 5.41) is 16.4. The maximum absolute atomic E-state index is 10.0. The van der Waals surface area contributed by atoms with Crippen LogP contribution in [0.4, 0.5) is 0 Å². The van der Waals surface area contributed by atoms with Crippen molar-refractivity contribution in [3.63, 3.8) is 0 Å². The number of aromatic nitrogens is 1. The van der Waals surface area contributed by atoms with Crippen LogP contribution in [0.3, 0.4) is 0 Å². The summed E-state index contributed by atoms with van der Waals surface area (Å²) in [6, 6.07) is 8.01.